The second kappa shape index (κ2) is 9.11. The van der Waals surface area contributed by atoms with E-state index < -0.39 is 0 Å². The van der Waals surface area contributed by atoms with Crippen LogP contribution in [0.4, 0.5) is 0 Å². The number of nitrogens with zero attached hydrogens (tertiary/aromatic N) is 2. The van der Waals surface area contributed by atoms with Crippen LogP contribution in [0.1, 0.15) is 32.3 Å². The van der Waals surface area contributed by atoms with Gasteiger partial charge in [0.05, 0.1) is 0 Å². The Kier molecular flexibility index (Phi) is 6.57. The second-order valence-corrected chi connectivity index (χ2v) is 7.51. The number of para-hydroxylation sites is 1. The lowest BCUT2D eigenvalue weighted by atomic mass is 10.0. The van der Waals surface area contributed by atoms with Crippen molar-refractivity contribution in [2.45, 2.75) is 39.3 Å². The second-order valence-electron chi connectivity index (χ2n) is 7.07. The molecule has 0 radical (unpaired) electrons. The monoisotopic (exact) mass is 400 g/mol. The Morgan fingerprint density at radius 1 is 1.14 bits per heavy atom. The Morgan fingerprint density at radius 3 is 2.54 bits per heavy atom. The molecular formula is C22H25ClN2O3. The molecule has 0 aromatic heterocycles. The summed E-state index contributed by atoms with van der Waals surface area (Å²) in [7, 11) is 0. The van der Waals surface area contributed by atoms with Gasteiger partial charge in [-0.05, 0) is 43.2 Å². The Morgan fingerprint density at radius 2 is 1.86 bits per heavy atom. The fraction of sp³-hybridized carbons (Fsp3) is 0.364. The first-order chi connectivity index (χ1) is 13.4. The van der Waals surface area contributed by atoms with E-state index in [4.69, 9.17) is 16.3 Å². The number of rotatable bonds is 5. The first-order valence-electron chi connectivity index (χ1n) is 9.48. The summed E-state index contributed by atoms with van der Waals surface area (Å²) in [5.41, 5.74) is 0.924. The molecule has 1 fully saturated rings. The van der Waals surface area contributed by atoms with Gasteiger partial charge in [0.25, 0.3) is 0 Å². The van der Waals surface area contributed by atoms with E-state index in [1.165, 1.54) is 0 Å². The summed E-state index contributed by atoms with van der Waals surface area (Å²) in [5.74, 6) is 1.44. The van der Waals surface area contributed by atoms with Crippen molar-refractivity contribution < 1.29 is 14.3 Å². The average molecular weight is 401 g/mol. The van der Waals surface area contributed by atoms with E-state index in [9.17, 15) is 9.59 Å². The van der Waals surface area contributed by atoms with Gasteiger partial charge in [-0.1, -0.05) is 29.8 Å². The fourth-order valence-electron chi connectivity index (χ4n) is 3.54. The molecule has 0 aliphatic carbocycles. The zero-order valence-electron chi connectivity index (χ0n) is 16.2. The van der Waals surface area contributed by atoms with Crippen LogP contribution >= 0.6 is 11.6 Å². The van der Waals surface area contributed by atoms with Gasteiger partial charge in [0.15, 0.2) is 0 Å². The number of ether oxygens (including phenoxy) is 1. The van der Waals surface area contributed by atoms with Crippen LogP contribution in [0.15, 0.2) is 48.5 Å². The minimum absolute atomic E-state index is 0.00306. The molecule has 0 saturated carbocycles. The first-order valence-corrected chi connectivity index (χ1v) is 9.86. The highest BCUT2D eigenvalue weighted by atomic mass is 35.5. The van der Waals surface area contributed by atoms with Crippen LogP contribution in [0.3, 0.4) is 0 Å². The molecule has 0 N–H and O–H groups in total. The van der Waals surface area contributed by atoms with Gasteiger partial charge in [0.2, 0.25) is 11.8 Å². The van der Waals surface area contributed by atoms with Crippen molar-refractivity contribution in [1.29, 1.82) is 0 Å². The van der Waals surface area contributed by atoms with Crippen LogP contribution in [0.2, 0.25) is 5.02 Å². The molecule has 1 atom stereocenters. The molecule has 1 saturated heterocycles. The molecule has 2 aromatic carbocycles. The van der Waals surface area contributed by atoms with E-state index in [0.29, 0.717) is 29.6 Å². The van der Waals surface area contributed by atoms with Gasteiger partial charge in [0.1, 0.15) is 11.5 Å². The van der Waals surface area contributed by atoms with E-state index in [-0.39, 0.29) is 17.9 Å². The first kappa shape index (κ1) is 20.2. The molecule has 0 spiro atoms. The molecule has 1 unspecified atom stereocenters. The summed E-state index contributed by atoms with van der Waals surface area (Å²) in [4.78, 5) is 27.8. The largest absolute Gasteiger partial charge is 0.457 e. The number of likely N-dealkylation sites (tertiary alicyclic amines) is 1. The van der Waals surface area contributed by atoms with Crippen LogP contribution in [0.5, 0.6) is 11.5 Å². The molecule has 148 valence electrons. The van der Waals surface area contributed by atoms with Crippen molar-refractivity contribution in [3.05, 3.63) is 59.1 Å². The van der Waals surface area contributed by atoms with Crippen LogP contribution in [-0.4, -0.2) is 40.7 Å². The summed E-state index contributed by atoms with van der Waals surface area (Å²) < 4.78 is 6.03. The predicted molar refractivity (Wildman–Crippen MR) is 109 cm³/mol. The summed E-state index contributed by atoms with van der Waals surface area (Å²) >= 11 is 5.94. The van der Waals surface area contributed by atoms with E-state index >= 15 is 0 Å². The highest BCUT2D eigenvalue weighted by Gasteiger charge is 2.28. The van der Waals surface area contributed by atoms with Crippen LogP contribution in [-0.2, 0) is 16.1 Å². The molecule has 2 aromatic rings. The Bertz CT molecular complexity index is 838. The lowest BCUT2D eigenvalue weighted by Gasteiger charge is -2.39. The van der Waals surface area contributed by atoms with Gasteiger partial charge in [-0.15, -0.1) is 0 Å². The van der Waals surface area contributed by atoms with Gasteiger partial charge in [-0.2, -0.15) is 0 Å². The van der Waals surface area contributed by atoms with Gasteiger partial charge in [0, 0.05) is 50.1 Å². The predicted octanol–water partition coefficient (Wildman–Crippen LogP) is 4.49. The zero-order valence-corrected chi connectivity index (χ0v) is 17.0. The van der Waals surface area contributed by atoms with Crippen LogP contribution < -0.4 is 4.74 Å². The Balaban J connectivity index is 1.79. The van der Waals surface area contributed by atoms with Gasteiger partial charge >= 0.3 is 0 Å². The molecule has 2 amide bonds. The van der Waals surface area contributed by atoms with Crippen LogP contribution in [0.25, 0.3) is 0 Å². The van der Waals surface area contributed by atoms with Gasteiger partial charge in [-0.25, -0.2) is 0 Å². The summed E-state index contributed by atoms with van der Waals surface area (Å²) in [6, 6.07) is 14.9. The zero-order chi connectivity index (χ0) is 20.1. The van der Waals surface area contributed by atoms with Crippen molar-refractivity contribution in [3.8, 4) is 11.5 Å². The fourth-order valence-corrected chi connectivity index (χ4v) is 3.67. The van der Waals surface area contributed by atoms with Crippen molar-refractivity contribution in [2.24, 2.45) is 0 Å². The smallest absolute Gasteiger partial charge is 0.220 e. The highest BCUT2D eigenvalue weighted by Crippen LogP contribution is 2.28. The SMILES string of the molecule is CC(=O)N1CCCC(N(Cc2ccccc2Oc2ccc(Cl)cc2)C(C)=O)C1. The number of piperidine rings is 1. The van der Waals surface area contributed by atoms with Crippen molar-refractivity contribution in [1.82, 2.24) is 9.80 Å². The number of hydrogen-bond acceptors (Lipinski definition) is 3. The number of hydrogen-bond donors (Lipinski definition) is 0. The van der Waals surface area contributed by atoms with Crippen LogP contribution in [0, 0.1) is 0 Å². The third-order valence-corrected chi connectivity index (χ3v) is 5.29. The number of carbonyl (C=O) groups excluding carboxylic acids is 2. The summed E-state index contributed by atoms with van der Waals surface area (Å²) in [6.45, 7) is 4.93. The highest BCUT2D eigenvalue weighted by molar-refractivity contribution is 6.30. The van der Waals surface area contributed by atoms with E-state index in [2.05, 4.69) is 0 Å². The molecule has 1 aliphatic rings. The third-order valence-electron chi connectivity index (χ3n) is 5.04. The molecule has 5 nitrogen and oxygen atoms in total. The van der Waals surface area contributed by atoms with E-state index in [1.807, 2.05) is 46.2 Å². The number of carbonyl (C=O) groups is 2. The quantitative estimate of drug-likeness (QED) is 0.742. The minimum Gasteiger partial charge on any atom is -0.457 e. The molecule has 1 aliphatic heterocycles. The normalized spacial score (nSPS) is 16.5. The molecule has 0 bridgehead atoms. The van der Waals surface area contributed by atoms with Crippen molar-refractivity contribution >= 4 is 23.4 Å². The summed E-state index contributed by atoms with van der Waals surface area (Å²) in [5, 5.41) is 0.649. The van der Waals surface area contributed by atoms with Crippen molar-refractivity contribution in [2.75, 3.05) is 13.1 Å². The molecular weight excluding hydrogens is 376 g/mol. The third kappa shape index (κ3) is 5.04. The number of amides is 2. The topological polar surface area (TPSA) is 49.9 Å². The maximum absolute atomic E-state index is 12.4. The summed E-state index contributed by atoms with van der Waals surface area (Å²) in [6.07, 6.45) is 1.79. The van der Waals surface area contributed by atoms with E-state index in [0.717, 1.165) is 24.9 Å². The van der Waals surface area contributed by atoms with E-state index in [1.54, 1.807) is 26.0 Å². The maximum atomic E-state index is 12.4. The molecule has 3 rings (SSSR count). The Labute approximate surface area is 170 Å². The number of benzene rings is 2. The van der Waals surface area contributed by atoms with Gasteiger partial charge < -0.3 is 14.5 Å². The van der Waals surface area contributed by atoms with Crippen molar-refractivity contribution in [3.63, 3.8) is 0 Å². The molecule has 6 heteroatoms. The Hall–Kier alpha value is -2.53. The minimum atomic E-state index is -0.00306. The molecule has 28 heavy (non-hydrogen) atoms. The standard InChI is InChI=1S/C22H25ClN2O3/c1-16(26)24-13-5-7-20(15-24)25(17(2)27)14-18-6-3-4-8-22(18)28-21-11-9-19(23)10-12-21/h3-4,6,8-12,20H,5,7,13-15H2,1-2H3. The lowest BCUT2D eigenvalue weighted by molar-refractivity contribution is -0.137. The maximum Gasteiger partial charge on any atom is 0.220 e. The lowest BCUT2D eigenvalue weighted by Crippen LogP contribution is -2.50. The van der Waals surface area contributed by atoms with Gasteiger partial charge in [-0.3, -0.25) is 9.59 Å². The average Bonchev–Trinajstić information content (AvgIpc) is 2.69. The molecule has 1 heterocycles. The number of halogens is 1.